The minimum absolute atomic E-state index is 0.0949. The Balaban J connectivity index is 2.43. The standard InChI is InChI=1S/C14H12Cl2F3NO/c1-7(20)4-9-2-3-12(21-9)13-10(15)5-8(6-11(13)16)14(17,18)19/h2-3,5-7H,4,20H2,1H3. The van der Waals surface area contributed by atoms with Crippen LogP contribution in [0.5, 0.6) is 0 Å². The van der Waals surface area contributed by atoms with Crippen molar-refractivity contribution in [3.63, 3.8) is 0 Å². The van der Waals surface area contributed by atoms with Crippen LogP contribution in [0.15, 0.2) is 28.7 Å². The molecule has 1 aromatic heterocycles. The molecule has 0 spiro atoms. The van der Waals surface area contributed by atoms with Gasteiger partial charge in [-0.15, -0.1) is 0 Å². The maximum Gasteiger partial charge on any atom is 0.416 e. The van der Waals surface area contributed by atoms with Crippen LogP contribution in [0.3, 0.4) is 0 Å². The Labute approximate surface area is 129 Å². The van der Waals surface area contributed by atoms with Gasteiger partial charge in [0.25, 0.3) is 0 Å². The Morgan fingerprint density at radius 3 is 2.24 bits per heavy atom. The van der Waals surface area contributed by atoms with Crippen molar-refractivity contribution in [2.45, 2.75) is 25.6 Å². The monoisotopic (exact) mass is 337 g/mol. The number of halogens is 5. The van der Waals surface area contributed by atoms with Gasteiger partial charge in [0.15, 0.2) is 0 Å². The Morgan fingerprint density at radius 1 is 1.19 bits per heavy atom. The first-order chi connectivity index (χ1) is 9.68. The van der Waals surface area contributed by atoms with Crippen LogP contribution in [-0.4, -0.2) is 6.04 Å². The summed E-state index contributed by atoms with van der Waals surface area (Å²) in [7, 11) is 0. The van der Waals surface area contributed by atoms with Crippen LogP contribution in [0.4, 0.5) is 13.2 Å². The zero-order valence-electron chi connectivity index (χ0n) is 11.0. The molecule has 0 aliphatic carbocycles. The Morgan fingerprint density at radius 2 is 1.76 bits per heavy atom. The number of hydrogen-bond acceptors (Lipinski definition) is 2. The molecule has 114 valence electrons. The van der Waals surface area contributed by atoms with E-state index in [0.717, 1.165) is 12.1 Å². The fourth-order valence-electron chi connectivity index (χ4n) is 1.91. The maximum absolute atomic E-state index is 12.7. The van der Waals surface area contributed by atoms with Crippen molar-refractivity contribution in [1.82, 2.24) is 0 Å². The van der Waals surface area contributed by atoms with E-state index >= 15 is 0 Å². The first kappa shape index (κ1) is 16.2. The lowest BCUT2D eigenvalue weighted by molar-refractivity contribution is -0.137. The van der Waals surface area contributed by atoms with E-state index in [1.807, 2.05) is 6.92 Å². The predicted molar refractivity (Wildman–Crippen MR) is 76.5 cm³/mol. The van der Waals surface area contributed by atoms with E-state index in [2.05, 4.69) is 0 Å². The summed E-state index contributed by atoms with van der Waals surface area (Å²) in [6, 6.07) is 4.87. The first-order valence-corrected chi connectivity index (χ1v) is 6.85. The summed E-state index contributed by atoms with van der Waals surface area (Å²) in [5.41, 5.74) is 5.00. The molecule has 0 aliphatic heterocycles. The van der Waals surface area contributed by atoms with Crippen LogP contribution in [0.2, 0.25) is 10.0 Å². The number of hydrogen-bond donors (Lipinski definition) is 1. The molecule has 0 bridgehead atoms. The predicted octanol–water partition coefficient (Wildman–Crippen LogP) is 5.16. The second-order valence-electron chi connectivity index (χ2n) is 4.76. The zero-order chi connectivity index (χ0) is 15.8. The fraction of sp³-hybridized carbons (Fsp3) is 0.286. The highest BCUT2D eigenvalue weighted by molar-refractivity contribution is 6.39. The third-order valence-corrected chi connectivity index (χ3v) is 3.40. The van der Waals surface area contributed by atoms with E-state index < -0.39 is 11.7 Å². The molecule has 2 rings (SSSR count). The van der Waals surface area contributed by atoms with Gasteiger partial charge in [-0.25, -0.2) is 0 Å². The van der Waals surface area contributed by atoms with Crippen molar-refractivity contribution in [2.75, 3.05) is 0 Å². The van der Waals surface area contributed by atoms with E-state index in [1.54, 1.807) is 12.1 Å². The zero-order valence-corrected chi connectivity index (χ0v) is 12.5. The highest BCUT2D eigenvalue weighted by Gasteiger charge is 2.32. The molecule has 7 heteroatoms. The van der Waals surface area contributed by atoms with Gasteiger partial charge in [0.05, 0.1) is 21.2 Å². The molecule has 0 saturated carbocycles. The smallest absolute Gasteiger partial charge is 0.416 e. The average molecular weight is 338 g/mol. The maximum atomic E-state index is 12.7. The number of alkyl halides is 3. The molecule has 0 aliphatic rings. The second-order valence-corrected chi connectivity index (χ2v) is 5.57. The lowest BCUT2D eigenvalue weighted by Crippen LogP contribution is -2.17. The number of benzene rings is 1. The Hall–Kier alpha value is -1.17. The molecule has 2 N–H and O–H groups in total. The van der Waals surface area contributed by atoms with Gasteiger partial charge in [-0.1, -0.05) is 23.2 Å². The quantitative estimate of drug-likeness (QED) is 0.839. The van der Waals surface area contributed by atoms with Crippen molar-refractivity contribution in [3.05, 3.63) is 45.6 Å². The van der Waals surface area contributed by atoms with Gasteiger partial charge in [0.2, 0.25) is 0 Å². The first-order valence-electron chi connectivity index (χ1n) is 6.09. The second kappa shape index (κ2) is 5.91. The lowest BCUT2D eigenvalue weighted by atomic mass is 10.1. The molecule has 1 atom stereocenters. The van der Waals surface area contributed by atoms with Crippen molar-refractivity contribution < 1.29 is 17.6 Å². The van der Waals surface area contributed by atoms with Crippen LogP contribution in [-0.2, 0) is 12.6 Å². The molecule has 0 fully saturated rings. The molecular formula is C14H12Cl2F3NO. The molecule has 0 amide bonds. The number of rotatable bonds is 3. The van der Waals surface area contributed by atoms with Gasteiger partial charge in [-0.3, -0.25) is 0 Å². The molecule has 2 aromatic rings. The minimum atomic E-state index is -4.50. The summed E-state index contributed by atoms with van der Waals surface area (Å²) in [5, 5.41) is -0.229. The van der Waals surface area contributed by atoms with Crippen molar-refractivity contribution in [2.24, 2.45) is 5.73 Å². The normalized spacial score (nSPS) is 13.5. The summed E-state index contributed by atoms with van der Waals surface area (Å²) in [4.78, 5) is 0. The summed E-state index contributed by atoms with van der Waals surface area (Å²) >= 11 is 11.8. The fourth-order valence-corrected chi connectivity index (χ4v) is 2.58. The lowest BCUT2D eigenvalue weighted by Gasteiger charge is -2.11. The number of nitrogens with two attached hydrogens (primary N) is 1. The van der Waals surface area contributed by atoms with Crippen LogP contribution in [0, 0.1) is 0 Å². The summed E-state index contributed by atoms with van der Waals surface area (Å²) < 4.78 is 43.6. The van der Waals surface area contributed by atoms with E-state index in [1.165, 1.54) is 0 Å². The van der Waals surface area contributed by atoms with Crippen molar-refractivity contribution >= 4 is 23.2 Å². The molecule has 1 heterocycles. The van der Waals surface area contributed by atoms with Crippen molar-refractivity contribution in [3.8, 4) is 11.3 Å². The molecular weight excluding hydrogens is 326 g/mol. The van der Waals surface area contributed by atoms with Crippen molar-refractivity contribution in [1.29, 1.82) is 0 Å². The highest BCUT2D eigenvalue weighted by Crippen LogP contribution is 2.41. The average Bonchev–Trinajstić information content (AvgIpc) is 2.74. The Bertz CT molecular complexity index is 627. The highest BCUT2D eigenvalue weighted by atomic mass is 35.5. The van der Waals surface area contributed by atoms with E-state index in [4.69, 9.17) is 33.4 Å². The van der Waals surface area contributed by atoms with Gasteiger partial charge < -0.3 is 10.2 Å². The van der Waals surface area contributed by atoms with Gasteiger partial charge in [0.1, 0.15) is 11.5 Å². The molecule has 2 nitrogen and oxygen atoms in total. The van der Waals surface area contributed by atoms with Gasteiger partial charge in [-0.2, -0.15) is 13.2 Å². The topological polar surface area (TPSA) is 39.2 Å². The molecule has 0 saturated heterocycles. The van der Waals surface area contributed by atoms with E-state index in [0.29, 0.717) is 17.9 Å². The van der Waals surface area contributed by atoms with E-state index in [-0.39, 0.29) is 21.7 Å². The summed E-state index contributed by atoms with van der Waals surface area (Å²) in [5.74, 6) is 0.932. The molecule has 1 aromatic carbocycles. The third-order valence-electron chi connectivity index (χ3n) is 2.80. The Kier molecular flexibility index (Phi) is 4.56. The molecule has 1 unspecified atom stereocenters. The van der Waals surface area contributed by atoms with E-state index in [9.17, 15) is 13.2 Å². The molecule has 0 radical (unpaired) electrons. The summed E-state index contributed by atoms with van der Waals surface area (Å²) in [6.45, 7) is 1.82. The van der Waals surface area contributed by atoms with Gasteiger partial charge in [-0.05, 0) is 31.2 Å². The van der Waals surface area contributed by atoms with Crippen LogP contribution >= 0.6 is 23.2 Å². The van der Waals surface area contributed by atoms with Gasteiger partial charge >= 0.3 is 6.18 Å². The van der Waals surface area contributed by atoms with Crippen LogP contribution in [0.1, 0.15) is 18.2 Å². The largest absolute Gasteiger partial charge is 0.461 e. The molecule has 21 heavy (non-hydrogen) atoms. The SMILES string of the molecule is CC(N)Cc1ccc(-c2c(Cl)cc(C(F)(F)F)cc2Cl)o1. The minimum Gasteiger partial charge on any atom is -0.461 e. The third kappa shape index (κ3) is 3.73. The summed E-state index contributed by atoms with van der Waals surface area (Å²) in [6.07, 6.45) is -4.00. The van der Waals surface area contributed by atoms with Gasteiger partial charge in [0, 0.05) is 12.5 Å². The van der Waals surface area contributed by atoms with Crippen LogP contribution in [0.25, 0.3) is 11.3 Å². The van der Waals surface area contributed by atoms with Crippen LogP contribution < -0.4 is 5.73 Å². The number of furan rings is 1.